The Hall–Kier alpha value is -2.80. The van der Waals surface area contributed by atoms with Crippen molar-refractivity contribution in [3.05, 3.63) is 70.3 Å². The molecule has 0 aliphatic heterocycles. The van der Waals surface area contributed by atoms with Crippen molar-refractivity contribution in [2.45, 2.75) is 33.4 Å². The summed E-state index contributed by atoms with van der Waals surface area (Å²) >= 11 is 5.30. The van der Waals surface area contributed by atoms with Crippen LogP contribution >= 0.6 is 12.2 Å². The standard InChI is InChI=1S/C20H24N4O2S/c1-3-18-22-23-20(27)24(18)21-13-16-11-8-12-17(25-4-2)19(16)26-14-15-9-6-5-7-10-15/h5-12,21H,3-4,13-14H2,1-2H3,(H,23,27). The summed E-state index contributed by atoms with van der Waals surface area (Å²) in [5.74, 6) is 2.33. The number of aromatic nitrogens is 3. The van der Waals surface area contributed by atoms with Crippen LogP contribution in [0.25, 0.3) is 0 Å². The van der Waals surface area contributed by atoms with Crippen molar-refractivity contribution in [1.29, 1.82) is 0 Å². The zero-order valence-electron chi connectivity index (χ0n) is 15.6. The Kier molecular flexibility index (Phi) is 6.49. The van der Waals surface area contributed by atoms with E-state index in [2.05, 4.69) is 15.6 Å². The maximum absolute atomic E-state index is 6.14. The van der Waals surface area contributed by atoms with E-state index in [4.69, 9.17) is 21.7 Å². The van der Waals surface area contributed by atoms with Crippen LogP contribution in [-0.2, 0) is 19.6 Å². The molecule has 1 aromatic heterocycles. The van der Waals surface area contributed by atoms with Gasteiger partial charge in [-0.05, 0) is 30.8 Å². The Morgan fingerprint density at radius 2 is 1.89 bits per heavy atom. The molecule has 1 heterocycles. The Bertz CT molecular complexity index is 921. The highest BCUT2D eigenvalue weighted by atomic mass is 32.1. The normalized spacial score (nSPS) is 10.6. The molecule has 0 aliphatic carbocycles. The number of ether oxygens (including phenoxy) is 2. The molecule has 0 saturated carbocycles. The van der Waals surface area contributed by atoms with Gasteiger partial charge in [0, 0.05) is 12.0 Å². The number of benzene rings is 2. The van der Waals surface area contributed by atoms with Crippen LogP contribution in [0.1, 0.15) is 30.8 Å². The third kappa shape index (κ3) is 4.68. The van der Waals surface area contributed by atoms with Crippen LogP contribution in [0.5, 0.6) is 11.5 Å². The fourth-order valence-electron chi connectivity index (χ4n) is 2.76. The number of nitrogens with zero attached hydrogens (tertiary/aromatic N) is 2. The monoisotopic (exact) mass is 384 g/mol. The topological polar surface area (TPSA) is 64.1 Å². The van der Waals surface area contributed by atoms with E-state index in [0.717, 1.165) is 34.9 Å². The van der Waals surface area contributed by atoms with E-state index in [1.54, 1.807) is 4.68 Å². The largest absolute Gasteiger partial charge is 0.490 e. The maximum atomic E-state index is 6.14. The number of H-pyrrole nitrogens is 1. The number of nitrogens with one attached hydrogen (secondary N) is 2. The average Bonchev–Trinajstić information content (AvgIpc) is 3.06. The zero-order chi connectivity index (χ0) is 19.1. The first kappa shape index (κ1) is 19.0. The molecule has 0 atom stereocenters. The van der Waals surface area contributed by atoms with E-state index >= 15 is 0 Å². The fourth-order valence-corrected chi connectivity index (χ4v) is 2.97. The lowest BCUT2D eigenvalue weighted by molar-refractivity contribution is 0.267. The van der Waals surface area contributed by atoms with Gasteiger partial charge < -0.3 is 14.9 Å². The molecule has 3 aromatic rings. The first-order chi connectivity index (χ1) is 13.2. The molecule has 142 valence electrons. The number of hydrogen-bond acceptors (Lipinski definition) is 5. The first-order valence-electron chi connectivity index (χ1n) is 9.04. The van der Waals surface area contributed by atoms with E-state index in [0.29, 0.717) is 24.5 Å². The predicted molar refractivity (Wildman–Crippen MR) is 108 cm³/mol. The van der Waals surface area contributed by atoms with Crippen LogP contribution in [0, 0.1) is 4.77 Å². The predicted octanol–water partition coefficient (Wildman–Crippen LogP) is 4.22. The minimum atomic E-state index is 0.475. The SMILES string of the molecule is CCOc1cccc(CNn2c(CC)n[nH]c2=S)c1OCc1ccccc1. The van der Waals surface area contributed by atoms with Crippen LogP contribution in [0.3, 0.4) is 0 Å². The van der Waals surface area contributed by atoms with Crippen molar-refractivity contribution in [2.24, 2.45) is 0 Å². The Morgan fingerprint density at radius 3 is 2.63 bits per heavy atom. The van der Waals surface area contributed by atoms with Gasteiger partial charge in [-0.2, -0.15) is 5.10 Å². The van der Waals surface area contributed by atoms with E-state index in [1.165, 1.54) is 0 Å². The third-order valence-electron chi connectivity index (χ3n) is 4.07. The minimum absolute atomic E-state index is 0.475. The second-order valence-electron chi connectivity index (χ2n) is 5.92. The van der Waals surface area contributed by atoms with Crippen molar-refractivity contribution >= 4 is 12.2 Å². The molecule has 0 spiro atoms. The van der Waals surface area contributed by atoms with Crippen LogP contribution in [0.15, 0.2) is 48.5 Å². The molecule has 7 heteroatoms. The van der Waals surface area contributed by atoms with Crippen molar-refractivity contribution < 1.29 is 9.47 Å². The lowest BCUT2D eigenvalue weighted by atomic mass is 10.2. The molecule has 27 heavy (non-hydrogen) atoms. The molecule has 0 aliphatic rings. The van der Waals surface area contributed by atoms with Crippen molar-refractivity contribution in [2.75, 3.05) is 12.0 Å². The lowest BCUT2D eigenvalue weighted by Crippen LogP contribution is -2.18. The summed E-state index contributed by atoms with van der Waals surface area (Å²) in [7, 11) is 0. The van der Waals surface area contributed by atoms with Crippen molar-refractivity contribution in [1.82, 2.24) is 14.9 Å². The van der Waals surface area contributed by atoms with Crippen molar-refractivity contribution in [3.8, 4) is 11.5 Å². The molecular weight excluding hydrogens is 360 g/mol. The summed E-state index contributed by atoms with van der Waals surface area (Å²) in [4.78, 5) is 0. The molecular formula is C20H24N4O2S. The summed E-state index contributed by atoms with van der Waals surface area (Å²) in [5.41, 5.74) is 5.41. The molecule has 2 N–H and O–H groups in total. The fraction of sp³-hybridized carbons (Fsp3) is 0.300. The quantitative estimate of drug-likeness (QED) is 0.541. The molecule has 6 nitrogen and oxygen atoms in total. The molecule has 0 bridgehead atoms. The highest BCUT2D eigenvalue weighted by Gasteiger charge is 2.12. The van der Waals surface area contributed by atoms with Gasteiger partial charge in [-0.15, -0.1) is 0 Å². The van der Waals surface area contributed by atoms with Gasteiger partial charge in [0.1, 0.15) is 6.61 Å². The maximum Gasteiger partial charge on any atom is 0.214 e. The van der Waals surface area contributed by atoms with Gasteiger partial charge in [0.2, 0.25) is 4.77 Å². The minimum Gasteiger partial charge on any atom is -0.490 e. The van der Waals surface area contributed by atoms with Gasteiger partial charge in [0.25, 0.3) is 0 Å². The van der Waals surface area contributed by atoms with E-state index in [-0.39, 0.29) is 0 Å². The summed E-state index contributed by atoms with van der Waals surface area (Å²) in [6.45, 7) is 5.58. The third-order valence-corrected chi connectivity index (χ3v) is 4.35. The molecule has 0 saturated heterocycles. The van der Waals surface area contributed by atoms with E-state index in [9.17, 15) is 0 Å². The molecule has 2 aromatic carbocycles. The molecule has 3 rings (SSSR count). The van der Waals surface area contributed by atoms with Gasteiger partial charge in [-0.3, -0.25) is 5.10 Å². The summed E-state index contributed by atoms with van der Waals surface area (Å²) in [6.07, 6.45) is 0.774. The summed E-state index contributed by atoms with van der Waals surface area (Å²) in [6, 6.07) is 16.0. The zero-order valence-corrected chi connectivity index (χ0v) is 16.4. The van der Waals surface area contributed by atoms with Crippen LogP contribution in [-0.4, -0.2) is 21.5 Å². The Labute approximate surface area is 164 Å². The van der Waals surface area contributed by atoms with Crippen LogP contribution < -0.4 is 14.9 Å². The number of para-hydroxylation sites is 1. The average molecular weight is 385 g/mol. The Balaban J connectivity index is 1.82. The summed E-state index contributed by atoms with van der Waals surface area (Å²) < 4.78 is 14.2. The van der Waals surface area contributed by atoms with E-state index in [1.807, 2.05) is 62.4 Å². The van der Waals surface area contributed by atoms with Gasteiger partial charge in [-0.25, -0.2) is 4.68 Å². The molecule has 0 radical (unpaired) electrons. The van der Waals surface area contributed by atoms with Gasteiger partial charge >= 0.3 is 0 Å². The van der Waals surface area contributed by atoms with Crippen LogP contribution in [0.2, 0.25) is 0 Å². The highest BCUT2D eigenvalue weighted by molar-refractivity contribution is 7.71. The highest BCUT2D eigenvalue weighted by Crippen LogP contribution is 2.32. The number of aromatic amines is 1. The second-order valence-corrected chi connectivity index (χ2v) is 6.31. The second kappa shape index (κ2) is 9.23. The number of aryl methyl sites for hydroxylation is 1. The lowest BCUT2D eigenvalue weighted by Gasteiger charge is -2.17. The summed E-state index contributed by atoms with van der Waals surface area (Å²) in [5, 5.41) is 7.03. The first-order valence-corrected chi connectivity index (χ1v) is 9.45. The van der Waals surface area contributed by atoms with Gasteiger partial charge in [0.05, 0.1) is 13.2 Å². The smallest absolute Gasteiger partial charge is 0.214 e. The molecule has 0 amide bonds. The number of hydrogen-bond donors (Lipinski definition) is 2. The van der Waals surface area contributed by atoms with Crippen LogP contribution in [0.4, 0.5) is 0 Å². The molecule has 0 unspecified atom stereocenters. The van der Waals surface area contributed by atoms with Gasteiger partial charge in [0.15, 0.2) is 17.3 Å². The van der Waals surface area contributed by atoms with Gasteiger partial charge in [-0.1, -0.05) is 49.4 Å². The number of rotatable bonds is 9. The van der Waals surface area contributed by atoms with Crippen molar-refractivity contribution in [3.63, 3.8) is 0 Å². The van der Waals surface area contributed by atoms with E-state index < -0.39 is 0 Å². The Morgan fingerprint density at radius 1 is 1.07 bits per heavy atom. The molecule has 0 fully saturated rings.